The molecule has 0 aromatic heterocycles. The maximum absolute atomic E-state index is 2.39. The highest BCUT2D eigenvalue weighted by molar-refractivity contribution is 5.64. The van der Waals surface area contributed by atoms with Crippen LogP contribution in [-0.2, 0) is 0 Å². The summed E-state index contributed by atoms with van der Waals surface area (Å²) in [5.74, 6) is 0. The molecule has 0 N–H and O–H groups in total. The van der Waals surface area contributed by atoms with Crippen LogP contribution in [0.2, 0.25) is 0 Å². The Bertz CT molecular complexity index is 806. The zero-order valence-electron chi connectivity index (χ0n) is 14.8. The molecular formula is C22H23N3. The first-order chi connectivity index (χ1) is 12.2. The number of benzene rings is 3. The first-order valence-electron chi connectivity index (χ1n) is 8.69. The molecule has 3 aromatic rings. The number of hydrogen-bond donors (Lipinski definition) is 0. The van der Waals surface area contributed by atoms with Gasteiger partial charge in [0.2, 0.25) is 0 Å². The van der Waals surface area contributed by atoms with Crippen LogP contribution >= 0.6 is 0 Å². The highest BCUT2D eigenvalue weighted by Crippen LogP contribution is 2.31. The minimum atomic E-state index is 0.835. The Morgan fingerprint density at radius 1 is 0.560 bits per heavy atom. The van der Waals surface area contributed by atoms with Gasteiger partial charge in [0.05, 0.1) is 11.4 Å². The van der Waals surface area contributed by atoms with Crippen LogP contribution in [0.3, 0.4) is 0 Å². The summed E-state index contributed by atoms with van der Waals surface area (Å²) >= 11 is 0. The van der Waals surface area contributed by atoms with Crippen molar-refractivity contribution in [2.45, 2.75) is 13.8 Å². The maximum Gasteiger partial charge on any atom is 0.112 e. The lowest BCUT2D eigenvalue weighted by molar-refractivity contribution is 0.889. The van der Waals surface area contributed by atoms with Gasteiger partial charge in [-0.15, -0.1) is 0 Å². The van der Waals surface area contributed by atoms with Crippen molar-refractivity contribution in [2.75, 3.05) is 28.3 Å². The standard InChI is InChI=1S/C22H23N3/c1-18-8-6-12-21(14-18)24-16-23(20-10-4-3-5-11-20)17-25(24)22-13-7-9-19(2)15-22/h3-15H,16-17H2,1-2H3. The van der Waals surface area contributed by atoms with E-state index in [-0.39, 0.29) is 0 Å². The van der Waals surface area contributed by atoms with E-state index < -0.39 is 0 Å². The lowest BCUT2D eigenvalue weighted by atomic mass is 10.2. The summed E-state index contributed by atoms with van der Waals surface area (Å²) in [6, 6.07) is 28.0. The Hall–Kier alpha value is -2.94. The molecule has 1 fully saturated rings. The predicted octanol–water partition coefficient (Wildman–Crippen LogP) is 4.97. The summed E-state index contributed by atoms with van der Waals surface area (Å²) in [7, 11) is 0. The Balaban J connectivity index is 1.73. The molecule has 0 saturated carbocycles. The van der Waals surface area contributed by atoms with Crippen LogP contribution < -0.4 is 14.9 Å². The third-order valence-electron chi connectivity index (χ3n) is 4.62. The zero-order chi connectivity index (χ0) is 17.2. The molecule has 1 saturated heterocycles. The molecule has 3 nitrogen and oxygen atoms in total. The molecule has 0 aliphatic carbocycles. The van der Waals surface area contributed by atoms with E-state index in [2.05, 4.69) is 108 Å². The van der Waals surface area contributed by atoms with Gasteiger partial charge in [0.25, 0.3) is 0 Å². The van der Waals surface area contributed by atoms with Gasteiger partial charge in [0.1, 0.15) is 13.3 Å². The summed E-state index contributed by atoms with van der Waals surface area (Å²) in [6.45, 7) is 5.96. The number of rotatable bonds is 3. The number of anilines is 3. The Kier molecular flexibility index (Phi) is 4.06. The fraction of sp³-hybridized carbons (Fsp3) is 0.182. The summed E-state index contributed by atoms with van der Waals surface area (Å²) in [5.41, 5.74) is 6.25. The molecule has 4 rings (SSSR count). The maximum atomic E-state index is 2.39. The SMILES string of the molecule is Cc1cccc(N2CN(c3ccccc3)CN2c2cccc(C)c2)c1. The average Bonchev–Trinajstić information content (AvgIpc) is 3.08. The van der Waals surface area contributed by atoms with E-state index in [1.54, 1.807) is 0 Å². The van der Waals surface area contributed by atoms with Gasteiger partial charge < -0.3 is 4.90 Å². The van der Waals surface area contributed by atoms with E-state index in [9.17, 15) is 0 Å². The Morgan fingerprint density at radius 2 is 1.04 bits per heavy atom. The van der Waals surface area contributed by atoms with Gasteiger partial charge in [-0.25, -0.2) is 0 Å². The van der Waals surface area contributed by atoms with Crippen LogP contribution in [0.25, 0.3) is 0 Å². The molecule has 0 amide bonds. The highest BCUT2D eigenvalue weighted by atomic mass is 15.7. The van der Waals surface area contributed by atoms with Gasteiger partial charge in [0, 0.05) is 5.69 Å². The van der Waals surface area contributed by atoms with Crippen molar-refractivity contribution in [2.24, 2.45) is 0 Å². The van der Waals surface area contributed by atoms with E-state index in [1.807, 2.05) is 0 Å². The molecule has 0 unspecified atom stereocenters. The molecule has 0 bridgehead atoms. The molecule has 0 atom stereocenters. The van der Waals surface area contributed by atoms with Crippen LogP contribution in [0.5, 0.6) is 0 Å². The average molecular weight is 329 g/mol. The van der Waals surface area contributed by atoms with Crippen LogP contribution in [0.15, 0.2) is 78.9 Å². The molecule has 3 heteroatoms. The van der Waals surface area contributed by atoms with Crippen LogP contribution in [0, 0.1) is 13.8 Å². The number of hydrogen-bond acceptors (Lipinski definition) is 3. The quantitative estimate of drug-likeness (QED) is 0.672. The minimum absolute atomic E-state index is 0.835. The molecule has 0 radical (unpaired) electrons. The third kappa shape index (κ3) is 3.18. The van der Waals surface area contributed by atoms with Gasteiger partial charge in [0.15, 0.2) is 0 Å². The van der Waals surface area contributed by atoms with Crippen molar-refractivity contribution in [3.05, 3.63) is 90.0 Å². The number of hydrazine groups is 1. The number of nitrogens with zero attached hydrogens (tertiary/aromatic N) is 3. The largest absolute Gasteiger partial charge is 0.332 e. The van der Waals surface area contributed by atoms with E-state index in [1.165, 1.54) is 28.2 Å². The van der Waals surface area contributed by atoms with Crippen LogP contribution in [0.4, 0.5) is 17.1 Å². The normalized spacial score (nSPS) is 14.2. The van der Waals surface area contributed by atoms with Crippen molar-refractivity contribution < 1.29 is 0 Å². The summed E-state index contributed by atoms with van der Waals surface area (Å²) in [4.78, 5) is 2.39. The van der Waals surface area contributed by atoms with Crippen LogP contribution in [-0.4, -0.2) is 13.3 Å². The first kappa shape index (κ1) is 15.6. The molecule has 0 spiro atoms. The fourth-order valence-corrected chi connectivity index (χ4v) is 3.34. The van der Waals surface area contributed by atoms with Crippen molar-refractivity contribution in [3.63, 3.8) is 0 Å². The van der Waals surface area contributed by atoms with Crippen molar-refractivity contribution in [3.8, 4) is 0 Å². The Labute approximate surface area is 149 Å². The van der Waals surface area contributed by atoms with Crippen LogP contribution in [0.1, 0.15) is 11.1 Å². The van der Waals surface area contributed by atoms with Crippen molar-refractivity contribution in [1.82, 2.24) is 0 Å². The van der Waals surface area contributed by atoms with E-state index in [4.69, 9.17) is 0 Å². The monoisotopic (exact) mass is 329 g/mol. The van der Waals surface area contributed by atoms with Gasteiger partial charge in [-0.3, -0.25) is 10.0 Å². The summed E-state index contributed by atoms with van der Waals surface area (Å²) in [6.07, 6.45) is 0. The molecule has 1 aliphatic rings. The second-order valence-corrected chi connectivity index (χ2v) is 6.64. The predicted molar refractivity (Wildman–Crippen MR) is 106 cm³/mol. The smallest absolute Gasteiger partial charge is 0.112 e. The van der Waals surface area contributed by atoms with Gasteiger partial charge in [-0.05, 0) is 61.4 Å². The second kappa shape index (κ2) is 6.52. The van der Waals surface area contributed by atoms with Crippen molar-refractivity contribution >= 4 is 17.1 Å². The zero-order valence-corrected chi connectivity index (χ0v) is 14.8. The van der Waals surface area contributed by atoms with Gasteiger partial charge >= 0.3 is 0 Å². The lowest BCUT2D eigenvalue weighted by Crippen LogP contribution is -2.36. The van der Waals surface area contributed by atoms with Crippen molar-refractivity contribution in [1.29, 1.82) is 0 Å². The molecular weight excluding hydrogens is 306 g/mol. The summed E-state index contributed by atoms with van der Waals surface area (Å²) in [5, 5.41) is 4.71. The summed E-state index contributed by atoms with van der Waals surface area (Å²) < 4.78 is 0. The van der Waals surface area contributed by atoms with E-state index >= 15 is 0 Å². The molecule has 1 aliphatic heterocycles. The first-order valence-corrected chi connectivity index (χ1v) is 8.69. The highest BCUT2D eigenvalue weighted by Gasteiger charge is 2.29. The molecule has 1 heterocycles. The Morgan fingerprint density at radius 3 is 1.52 bits per heavy atom. The fourth-order valence-electron chi connectivity index (χ4n) is 3.34. The second-order valence-electron chi connectivity index (χ2n) is 6.64. The van der Waals surface area contributed by atoms with Gasteiger partial charge in [-0.1, -0.05) is 42.5 Å². The lowest BCUT2D eigenvalue weighted by Gasteiger charge is -2.30. The number of para-hydroxylation sites is 1. The molecule has 25 heavy (non-hydrogen) atoms. The topological polar surface area (TPSA) is 9.72 Å². The molecule has 3 aromatic carbocycles. The number of aryl methyl sites for hydroxylation is 2. The molecule has 126 valence electrons. The minimum Gasteiger partial charge on any atom is -0.332 e. The van der Waals surface area contributed by atoms with E-state index in [0.717, 1.165) is 13.3 Å². The third-order valence-corrected chi connectivity index (χ3v) is 4.62. The van der Waals surface area contributed by atoms with E-state index in [0.29, 0.717) is 0 Å². The van der Waals surface area contributed by atoms with Gasteiger partial charge in [-0.2, -0.15) is 0 Å².